The van der Waals surface area contributed by atoms with Gasteiger partial charge in [-0.25, -0.2) is 13.4 Å². The zero-order valence-corrected chi connectivity index (χ0v) is 13.1. The number of hydrogen-bond acceptors (Lipinski definition) is 6. The topological polar surface area (TPSA) is 88.8 Å². The molecule has 1 aromatic rings. The largest absolute Gasteiger partial charge is 0.383 e. The van der Waals surface area contributed by atoms with Crippen LogP contribution in [0.3, 0.4) is 0 Å². The van der Waals surface area contributed by atoms with Gasteiger partial charge in [0, 0.05) is 39.5 Å². The number of nitrogens with zero attached hydrogens (tertiary/aromatic N) is 3. The summed E-state index contributed by atoms with van der Waals surface area (Å²) in [4.78, 5) is 6.17. The van der Waals surface area contributed by atoms with Crippen LogP contribution in [0.5, 0.6) is 0 Å². The summed E-state index contributed by atoms with van der Waals surface area (Å²) in [5, 5.41) is 0. The highest BCUT2D eigenvalue weighted by molar-refractivity contribution is 7.89. The van der Waals surface area contributed by atoms with Crippen molar-refractivity contribution in [3.8, 4) is 0 Å². The Morgan fingerprint density at radius 3 is 2.86 bits per heavy atom. The third-order valence-electron chi connectivity index (χ3n) is 3.58. The molecule has 21 heavy (non-hydrogen) atoms. The standard InChI is InChI=1S/C13H22N4O3S/c1-20-11-10-16-6-3-7-17(9-8-16)21(18,19)12-4-2-5-15-13(12)14/h2,4-5H,3,6-11H2,1H3,(H2,14,15). The molecule has 0 aliphatic carbocycles. The molecule has 0 amide bonds. The van der Waals surface area contributed by atoms with Crippen molar-refractivity contribution in [1.82, 2.24) is 14.2 Å². The van der Waals surface area contributed by atoms with E-state index >= 15 is 0 Å². The minimum absolute atomic E-state index is 0.0537. The lowest BCUT2D eigenvalue weighted by atomic mass is 10.4. The summed E-state index contributed by atoms with van der Waals surface area (Å²) in [7, 11) is -1.91. The molecular formula is C13H22N4O3S. The Labute approximate surface area is 125 Å². The molecule has 1 aromatic heterocycles. The normalized spacial score (nSPS) is 18.5. The van der Waals surface area contributed by atoms with Crippen LogP contribution in [-0.2, 0) is 14.8 Å². The Morgan fingerprint density at radius 2 is 2.14 bits per heavy atom. The van der Waals surface area contributed by atoms with Gasteiger partial charge in [0.25, 0.3) is 0 Å². The number of methoxy groups -OCH3 is 1. The molecule has 0 saturated carbocycles. The van der Waals surface area contributed by atoms with Crippen LogP contribution in [0.1, 0.15) is 6.42 Å². The van der Waals surface area contributed by atoms with Crippen molar-refractivity contribution in [2.24, 2.45) is 0 Å². The highest BCUT2D eigenvalue weighted by Crippen LogP contribution is 2.21. The number of hydrogen-bond donors (Lipinski definition) is 1. The molecule has 118 valence electrons. The summed E-state index contributed by atoms with van der Waals surface area (Å²) in [6, 6.07) is 3.09. The van der Waals surface area contributed by atoms with E-state index in [1.165, 1.54) is 16.6 Å². The number of anilines is 1. The summed E-state index contributed by atoms with van der Waals surface area (Å²) in [6.07, 6.45) is 2.28. The molecule has 2 N–H and O–H groups in total. The summed E-state index contributed by atoms with van der Waals surface area (Å²) in [5.74, 6) is 0.0537. The first-order valence-electron chi connectivity index (χ1n) is 6.97. The molecule has 1 saturated heterocycles. The van der Waals surface area contributed by atoms with E-state index < -0.39 is 10.0 Å². The third kappa shape index (κ3) is 3.91. The Bertz CT molecular complexity index is 564. The number of pyridine rings is 1. The SMILES string of the molecule is COCCN1CCCN(S(=O)(=O)c2cccnc2N)CC1. The molecule has 7 nitrogen and oxygen atoms in total. The minimum atomic E-state index is -3.57. The van der Waals surface area contributed by atoms with E-state index in [9.17, 15) is 8.42 Å². The number of ether oxygens (including phenoxy) is 1. The predicted octanol–water partition coefficient (Wildman–Crippen LogP) is 0.00660. The summed E-state index contributed by atoms with van der Waals surface area (Å²) in [6.45, 7) is 4.00. The van der Waals surface area contributed by atoms with Crippen molar-refractivity contribution in [1.29, 1.82) is 0 Å². The summed E-state index contributed by atoms with van der Waals surface area (Å²) in [5.41, 5.74) is 5.70. The average molecular weight is 314 g/mol. The first-order valence-corrected chi connectivity index (χ1v) is 8.41. The zero-order chi connectivity index (χ0) is 15.3. The molecule has 0 radical (unpaired) electrons. The number of nitrogen functional groups attached to an aromatic ring is 1. The summed E-state index contributed by atoms with van der Waals surface area (Å²) < 4.78 is 31.8. The molecule has 2 heterocycles. The van der Waals surface area contributed by atoms with Crippen LogP contribution in [0.2, 0.25) is 0 Å². The van der Waals surface area contributed by atoms with Crippen LogP contribution in [0.4, 0.5) is 5.82 Å². The van der Waals surface area contributed by atoms with Gasteiger partial charge in [-0.15, -0.1) is 0 Å². The highest BCUT2D eigenvalue weighted by atomic mass is 32.2. The zero-order valence-electron chi connectivity index (χ0n) is 12.2. The number of aromatic nitrogens is 1. The smallest absolute Gasteiger partial charge is 0.246 e. The van der Waals surface area contributed by atoms with Crippen molar-refractivity contribution >= 4 is 15.8 Å². The second kappa shape index (κ2) is 7.17. The maximum absolute atomic E-state index is 12.6. The molecule has 1 aliphatic heterocycles. The van der Waals surface area contributed by atoms with Crippen LogP contribution in [0, 0.1) is 0 Å². The van der Waals surface area contributed by atoms with Gasteiger partial charge in [-0.3, -0.25) is 4.90 Å². The van der Waals surface area contributed by atoms with Crippen LogP contribution < -0.4 is 5.73 Å². The molecule has 8 heteroatoms. The van der Waals surface area contributed by atoms with Gasteiger partial charge in [-0.05, 0) is 25.1 Å². The van der Waals surface area contributed by atoms with E-state index in [0.717, 1.165) is 19.5 Å². The molecule has 1 aliphatic rings. The lowest BCUT2D eigenvalue weighted by Crippen LogP contribution is -2.36. The van der Waals surface area contributed by atoms with E-state index in [1.807, 2.05) is 0 Å². The lowest BCUT2D eigenvalue weighted by molar-refractivity contribution is 0.151. The van der Waals surface area contributed by atoms with Gasteiger partial charge in [0.1, 0.15) is 10.7 Å². The van der Waals surface area contributed by atoms with Gasteiger partial charge < -0.3 is 10.5 Å². The maximum Gasteiger partial charge on any atom is 0.246 e. The molecule has 0 atom stereocenters. The quantitative estimate of drug-likeness (QED) is 0.823. The van der Waals surface area contributed by atoms with Crippen molar-refractivity contribution in [3.63, 3.8) is 0 Å². The highest BCUT2D eigenvalue weighted by Gasteiger charge is 2.28. The fourth-order valence-corrected chi connectivity index (χ4v) is 3.93. The van der Waals surface area contributed by atoms with Crippen molar-refractivity contribution in [2.45, 2.75) is 11.3 Å². The van der Waals surface area contributed by atoms with Gasteiger partial charge in [0.05, 0.1) is 6.61 Å². The molecule has 1 fully saturated rings. The van der Waals surface area contributed by atoms with E-state index in [-0.39, 0.29) is 10.7 Å². The number of nitrogens with two attached hydrogens (primary N) is 1. The Kier molecular flexibility index (Phi) is 5.51. The maximum atomic E-state index is 12.6. The van der Waals surface area contributed by atoms with E-state index in [1.54, 1.807) is 13.2 Å². The van der Waals surface area contributed by atoms with Gasteiger partial charge in [-0.1, -0.05) is 0 Å². The average Bonchev–Trinajstić information content (AvgIpc) is 2.71. The van der Waals surface area contributed by atoms with E-state index in [2.05, 4.69) is 9.88 Å². The van der Waals surface area contributed by atoms with Crippen molar-refractivity contribution in [3.05, 3.63) is 18.3 Å². The van der Waals surface area contributed by atoms with Gasteiger partial charge in [0.15, 0.2) is 0 Å². The van der Waals surface area contributed by atoms with Crippen molar-refractivity contribution < 1.29 is 13.2 Å². The van der Waals surface area contributed by atoms with Crippen molar-refractivity contribution in [2.75, 3.05) is 52.2 Å². The van der Waals surface area contributed by atoms with E-state index in [4.69, 9.17) is 10.5 Å². The van der Waals surface area contributed by atoms with Crippen LogP contribution in [0.15, 0.2) is 23.2 Å². The molecule has 0 unspecified atom stereocenters. The second-order valence-corrected chi connectivity index (χ2v) is 6.89. The summed E-state index contributed by atoms with van der Waals surface area (Å²) >= 11 is 0. The van der Waals surface area contributed by atoms with Crippen LogP contribution in [-0.4, -0.2) is 69.0 Å². The molecule has 0 bridgehead atoms. The van der Waals surface area contributed by atoms with Gasteiger partial charge in [0.2, 0.25) is 10.0 Å². The lowest BCUT2D eigenvalue weighted by Gasteiger charge is -2.21. The molecule has 0 spiro atoms. The van der Waals surface area contributed by atoms with Gasteiger partial charge >= 0.3 is 0 Å². The van der Waals surface area contributed by atoms with Gasteiger partial charge in [-0.2, -0.15) is 4.31 Å². The molecular weight excluding hydrogens is 292 g/mol. The number of sulfonamides is 1. The third-order valence-corrected chi connectivity index (χ3v) is 5.52. The number of rotatable bonds is 5. The second-order valence-electron chi connectivity index (χ2n) is 4.98. The fourth-order valence-electron chi connectivity index (χ4n) is 2.39. The first kappa shape index (κ1) is 16.2. The molecule has 0 aromatic carbocycles. The first-order chi connectivity index (χ1) is 10.1. The van der Waals surface area contributed by atoms with E-state index in [0.29, 0.717) is 26.2 Å². The fraction of sp³-hybridized carbons (Fsp3) is 0.615. The Hall–Kier alpha value is -1.22. The molecule has 2 rings (SSSR count). The van der Waals surface area contributed by atoms with Crippen LogP contribution >= 0.6 is 0 Å². The van der Waals surface area contributed by atoms with Crippen LogP contribution in [0.25, 0.3) is 0 Å². The Balaban J connectivity index is 2.09. The monoisotopic (exact) mass is 314 g/mol. The predicted molar refractivity (Wildman–Crippen MR) is 80.3 cm³/mol. The minimum Gasteiger partial charge on any atom is -0.383 e. The Morgan fingerprint density at radius 1 is 1.33 bits per heavy atom.